The summed E-state index contributed by atoms with van der Waals surface area (Å²) >= 11 is 0. The van der Waals surface area contributed by atoms with Gasteiger partial charge in [0.05, 0.1) is 12.3 Å². The number of hydrogen-bond donors (Lipinski definition) is 1. The minimum absolute atomic E-state index is 0.581. The number of anilines is 1. The van der Waals surface area contributed by atoms with Gasteiger partial charge < -0.3 is 10.1 Å². The quantitative estimate of drug-likeness (QED) is 0.754. The van der Waals surface area contributed by atoms with Gasteiger partial charge in [0.25, 0.3) is 0 Å². The van der Waals surface area contributed by atoms with Gasteiger partial charge >= 0.3 is 0 Å². The van der Waals surface area contributed by atoms with Crippen LogP contribution in [0, 0.1) is 0 Å². The van der Waals surface area contributed by atoms with E-state index in [1.807, 2.05) is 49.4 Å². The molecule has 0 aliphatic heterocycles. The molecule has 0 aliphatic carbocycles. The normalized spacial score (nSPS) is 10.3. The first kappa shape index (κ1) is 15.0. The molecule has 1 aromatic carbocycles. The summed E-state index contributed by atoms with van der Waals surface area (Å²) < 4.78 is 5.63. The molecule has 2 aromatic heterocycles. The van der Waals surface area contributed by atoms with Crippen LogP contribution < -0.4 is 10.1 Å². The van der Waals surface area contributed by atoms with Gasteiger partial charge in [0, 0.05) is 36.3 Å². The fourth-order valence-corrected chi connectivity index (χ4v) is 2.24. The fraction of sp³-hybridized carbons (Fsp3) is 0.167. The van der Waals surface area contributed by atoms with Crippen LogP contribution in [0.15, 0.2) is 61.1 Å². The lowest BCUT2D eigenvalue weighted by Gasteiger charge is -2.11. The molecule has 0 atom stereocenters. The van der Waals surface area contributed by atoms with Gasteiger partial charge in [-0.2, -0.15) is 0 Å². The van der Waals surface area contributed by atoms with Gasteiger partial charge in [-0.05, 0) is 31.2 Å². The average molecular weight is 306 g/mol. The number of rotatable bonds is 6. The van der Waals surface area contributed by atoms with Crippen molar-refractivity contribution in [1.82, 2.24) is 15.0 Å². The maximum atomic E-state index is 5.63. The minimum atomic E-state index is 0.581. The third-order valence-electron chi connectivity index (χ3n) is 3.32. The first-order chi connectivity index (χ1) is 11.4. The van der Waals surface area contributed by atoms with Crippen LogP contribution >= 0.6 is 0 Å². The lowest BCUT2D eigenvalue weighted by molar-refractivity contribution is 0.337. The monoisotopic (exact) mass is 306 g/mol. The van der Waals surface area contributed by atoms with Gasteiger partial charge in [-0.15, -0.1) is 0 Å². The largest absolute Gasteiger partial charge is 0.494 e. The van der Waals surface area contributed by atoms with E-state index in [9.17, 15) is 0 Å². The zero-order chi connectivity index (χ0) is 15.9. The Morgan fingerprint density at radius 1 is 1.04 bits per heavy atom. The fourth-order valence-electron chi connectivity index (χ4n) is 2.24. The van der Waals surface area contributed by atoms with Crippen LogP contribution in [0.25, 0.3) is 11.3 Å². The second-order valence-electron chi connectivity index (χ2n) is 4.90. The van der Waals surface area contributed by atoms with Crippen molar-refractivity contribution in [3.63, 3.8) is 0 Å². The van der Waals surface area contributed by atoms with Crippen molar-refractivity contribution in [2.75, 3.05) is 11.9 Å². The van der Waals surface area contributed by atoms with Crippen LogP contribution in [0.3, 0.4) is 0 Å². The molecule has 0 aliphatic rings. The molecular formula is C18H18N4O. The van der Waals surface area contributed by atoms with Crippen LogP contribution in [-0.4, -0.2) is 21.6 Å². The Morgan fingerprint density at radius 3 is 2.78 bits per heavy atom. The second-order valence-corrected chi connectivity index (χ2v) is 4.90. The van der Waals surface area contributed by atoms with Gasteiger partial charge in [-0.25, -0.2) is 9.97 Å². The third-order valence-corrected chi connectivity index (χ3v) is 3.32. The lowest BCUT2D eigenvalue weighted by Crippen LogP contribution is -2.06. The summed E-state index contributed by atoms with van der Waals surface area (Å²) in [5, 5.41) is 3.25. The molecule has 116 valence electrons. The SMILES string of the molecule is CCOc1ccccc1CNc1nccc(-c2cccnc2)n1. The molecule has 5 nitrogen and oxygen atoms in total. The highest BCUT2D eigenvalue weighted by Crippen LogP contribution is 2.20. The van der Waals surface area contributed by atoms with Crippen molar-refractivity contribution in [2.24, 2.45) is 0 Å². The molecule has 1 N–H and O–H groups in total. The molecule has 0 radical (unpaired) electrons. The molecule has 0 bridgehead atoms. The predicted octanol–water partition coefficient (Wildman–Crippen LogP) is 3.55. The van der Waals surface area contributed by atoms with Crippen molar-refractivity contribution < 1.29 is 4.74 Å². The van der Waals surface area contributed by atoms with Crippen LogP contribution in [0.4, 0.5) is 5.95 Å². The standard InChI is InChI=1S/C18H18N4O/c1-2-23-17-8-4-3-6-15(17)13-21-18-20-11-9-16(22-18)14-7-5-10-19-12-14/h3-12H,2,13H2,1H3,(H,20,21,22). The zero-order valence-corrected chi connectivity index (χ0v) is 12.9. The van der Waals surface area contributed by atoms with Crippen molar-refractivity contribution in [2.45, 2.75) is 13.5 Å². The van der Waals surface area contributed by atoms with E-state index in [0.717, 1.165) is 22.6 Å². The first-order valence-corrected chi connectivity index (χ1v) is 7.55. The summed E-state index contributed by atoms with van der Waals surface area (Å²) in [7, 11) is 0. The Kier molecular flexibility index (Phi) is 4.79. The minimum Gasteiger partial charge on any atom is -0.494 e. The molecule has 3 rings (SSSR count). The smallest absolute Gasteiger partial charge is 0.223 e. The van der Waals surface area contributed by atoms with Crippen molar-refractivity contribution in [1.29, 1.82) is 0 Å². The summed E-state index contributed by atoms with van der Waals surface area (Å²) in [6, 6.07) is 13.7. The van der Waals surface area contributed by atoms with Gasteiger partial charge in [0.2, 0.25) is 5.95 Å². The third kappa shape index (κ3) is 3.83. The Bertz CT molecular complexity index is 762. The molecule has 5 heteroatoms. The molecule has 0 amide bonds. The topological polar surface area (TPSA) is 59.9 Å². The van der Waals surface area contributed by atoms with E-state index < -0.39 is 0 Å². The van der Waals surface area contributed by atoms with Gasteiger partial charge in [-0.3, -0.25) is 4.98 Å². The second kappa shape index (κ2) is 7.35. The van der Waals surface area contributed by atoms with E-state index in [-0.39, 0.29) is 0 Å². The highest BCUT2D eigenvalue weighted by atomic mass is 16.5. The Balaban J connectivity index is 1.74. The number of para-hydroxylation sites is 1. The van der Waals surface area contributed by atoms with E-state index in [1.54, 1.807) is 18.6 Å². The Hall–Kier alpha value is -2.95. The van der Waals surface area contributed by atoms with Crippen LogP contribution in [0.2, 0.25) is 0 Å². The number of ether oxygens (including phenoxy) is 1. The number of nitrogens with one attached hydrogen (secondary N) is 1. The zero-order valence-electron chi connectivity index (χ0n) is 12.9. The van der Waals surface area contributed by atoms with Gasteiger partial charge in [-0.1, -0.05) is 18.2 Å². The number of hydrogen-bond acceptors (Lipinski definition) is 5. The van der Waals surface area contributed by atoms with Crippen LogP contribution in [0.5, 0.6) is 5.75 Å². The summed E-state index contributed by atoms with van der Waals surface area (Å²) in [6.45, 7) is 3.22. The molecule has 2 heterocycles. The van der Waals surface area contributed by atoms with Crippen LogP contribution in [-0.2, 0) is 6.54 Å². The van der Waals surface area contributed by atoms with E-state index in [0.29, 0.717) is 19.1 Å². The number of nitrogens with zero attached hydrogens (tertiary/aromatic N) is 3. The molecule has 0 unspecified atom stereocenters. The Labute approximate surface area is 135 Å². The predicted molar refractivity (Wildman–Crippen MR) is 90.2 cm³/mol. The van der Waals surface area contributed by atoms with Crippen molar-refractivity contribution in [3.8, 4) is 17.0 Å². The molecule has 3 aromatic rings. The van der Waals surface area contributed by atoms with Crippen LogP contribution in [0.1, 0.15) is 12.5 Å². The number of pyridine rings is 1. The summed E-state index contributed by atoms with van der Waals surface area (Å²) in [4.78, 5) is 12.9. The van der Waals surface area contributed by atoms with E-state index in [1.165, 1.54) is 0 Å². The van der Waals surface area contributed by atoms with Gasteiger partial charge in [0.1, 0.15) is 5.75 Å². The lowest BCUT2D eigenvalue weighted by atomic mass is 10.2. The first-order valence-electron chi connectivity index (χ1n) is 7.55. The summed E-state index contributed by atoms with van der Waals surface area (Å²) in [5.41, 5.74) is 2.88. The highest BCUT2D eigenvalue weighted by Gasteiger charge is 2.05. The Morgan fingerprint density at radius 2 is 1.96 bits per heavy atom. The molecule has 0 fully saturated rings. The van der Waals surface area contributed by atoms with E-state index in [4.69, 9.17) is 4.74 Å². The average Bonchev–Trinajstić information content (AvgIpc) is 2.62. The summed E-state index contributed by atoms with van der Waals surface area (Å²) in [6.07, 6.45) is 5.27. The molecule has 0 saturated carbocycles. The van der Waals surface area contributed by atoms with E-state index in [2.05, 4.69) is 20.3 Å². The highest BCUT2D eigenvalue weighted by molar-refractivity contribution is 5.58. The van der Waals surface area contributed by atoms with Crippen molar-refractivity contribution in [3.05, 3.63) is 66.6 Å². The number of aromatic nitrogens is 3. The summed E-state index contributed by atoms with van der Waals surface area (Å²) in [5.74, 6) is 1.46. The van der Waals surface area contributed by atoms with Crippen molar-refractivity contribution >= 4 is 5.95 Å². The molecule has 23 heavy (non-hydrogen) atoms. The van der Waals surface area contributed by atoms with Gasteiger partial charge in [0.15, 0.2) is 0 Å². The number of benzene rings is 1. The molecule has 0 saturated heterocycles. The molecular weight excluding hydrogens is 288 g/mol. The maximum Gasteiger partial charge on any atom is 0.223 e. The molecule has 0 spiro atoms. The van der Waals surface area contributed by atoms with E-state index >= 15 is 0 Å². The maximum absolute atomic E-state index is 5.63.